The third-order valence-electron chi connectivity index (χ3n) is 4.30. The van der Waals surface area contributed by atoms with E-state index in [9.17, 15) is 0 Å². The second-order valence-corrected chi connectivity index (χ2v) is 9.96. The van der Waals surface area contributed by atoms with E-state index in [1.54, 1.807) is 0 Å². The number of hydrogen-bond acceptors (Lipinski definition) is 0. The molecular weight excluding hydrogens is 639 g/mol. The van der Waals surface area contributed by atoms with Crippen molar-refractivity contribution in [2.45, 2.75) is 11.8 Å². The zero-order valence-corrected chi connectivity index (χ0v) is 23.8. The molecule has 0 spiro atoms. The van der Waals surface area contributed by atoms with Crippen molar-refractivity contribution in [1.29, 1.82) is 0 Å². The number of rotatable bonds is 4. The van der Waals surface area contributed by atoms with E-state index in [0.717, 1.165) is 0 Å². The fourth-order valence-corrected chi connectivity index (χ4v) is 5.51. The van der Waals surface area contributed by atoms with Crippen LogP contribution in [0.3, 0.4) is 0 Å². The molecule has 0 bridgehead atoms. The summed E-state index contributed by atoms with van der Waals surface area (Å²) in [5.41, 5.74) is 1.33. The topological polar surface area (TPSA) is 0 Å². The smallest absolute Gasteiger partial charge is 1.00 e. The van der Waals surface area contributed by atoms with Crippen molar-refractivity contribution >= 4 is 39.8 Å². The molecule has 0 saturated heterocycles. The Bertz CT molecular complexity index is 843. The van der Waals surface area contributed by atoms with Gasteiger partial charge in [0.05, 0.1) is 0 Å². The van der Waals surface area contributed by atoms with Crippen molar-refractivity contribution in [1.82, 2.24) is 0 Å². The molecule has 162 valence electrons. The largest absolute Gasteiger partial charge is 2.00 e. The maximum atomic E-state index is 3.48. The molecule has 1 atom stereocenters. The SMILES string of the molecule is CC(Br)c1ccccc1.[Br-].[Br-].[Fe+2].c1ccc(P(c2ccccc2)c2ccccc2)cc1. The van der Waals surface area contributed by atoms with Gasteiger partial charge in [-0.25, -0.2) is 0 Å². The molecule has 4 aromatic carbocycles. The van der Waals surface area contributed by atoms with Crippen LogP contribution in [0.5, 0.6) is 0 Å². The molecule has 0 N–H and O–H groups in total. The van der Waals surface area contributed by atoms with Gasteiger partial charge in [-0.1, -0.05) is 137 Å². The van der Waals surface area contributed by atoms with Crippen molar-refractivity contribution < 1.29 is 51.0 Å². The van der Waals surface area contributed by atoms with Gasteiger partial charge < -0.3 is 34.0 Å². The van der Waals surface area contributed by atoms with Crippen LogP contribution in [0.1, 0.15) is 17.3 Å². The molecule has 5 heteroatoms. The first-order valence-electron chi connectivity index (χ1n) is 9.40. The first-order valence-corrected chi connectivity index (χ1v) is 11.7. The minimum atomic E-state index is -0.446. The van der Waals surface area contributed by atoms with Crippen LogP contribution in [0.15, 0.2) is 121 Å². The van der Waals surface area contributed by atoms with E-state index in [2.05, 4.69) is 126 Å². The zero-order valence-electron chi connectivity index (χ0n) is 17.1. The van der Waals surface area contributed by atoms with Gasteiger partial charge in [0, 0.05) is 4.83 Å². The van der Waals surface area contributed by atoms with Gasteiger partial charge in [-0.2, -0.15) is 0 Å². The fraction of sp³-hybridized carbons (Fsp3) is 0.0769. The van der Waals surface area contributed by atoms with Gasteiger partial charge in [0.15, 0.2) is 0 Å². The van der Waals surface area contributed by atoms with Crippen molar-refractivity contribution in [3.8, 4) is 0 Å². The van der Waals surface area contributed by atoms with Gasteiger partial charge in [0.25, 0.3) is 0 Å². The van der Waals surface area contributed by atoms with Crippen molar-refractivity contribution in [2.24, 2.45) is 0 Å². The summed E-state index contributed by atoms with van der Waals surface area (Å²) in [6.07, 6.45) is 0. The maximum Gasteiger partial charge on any atom is 2.00 e. The normalized spacial score (nSPS) is 10.3. The van der Waals surface area contributed by atoms with Gasteiger partial charge in [0.2, 0.25) is 0 Å². The van der Waals surface area contributed by atoms with Gasteiger partial charge in [-0.05, 0) is 36.3 Å². The van der Waals surface area contributed by atoms with Crippen LogP contribution >= 0.6 is 23.9 Å². The summed E-state index contributed by atoms with van der Waals surface area (Å²) >= 11 is 3.48. The Morgan fingerprint density at radius 1 is 0.516 bits per heavy atom. The molecule has 0 aromatic heterocycles. The van der Waals surface area contributed by atoms with Crippen LogP contribution in [-0.4, -0.2) is 0 Å². The van der Waals surface area contributed by atoms with E-state index < -0.39 is 7.92 Å². The van der Waals surface area contributed by atoms with Crippen molar-refractivity contribution in [3.05, 3.63) is 127 Å². The molecule has 0 aliphatic rings. The van der Waals surface area contributed by atoms with Gasteiger partial charge >= 0.3 is 17.1 Å². The number of hydrogen-bond donors (Lipinski definition) is 0. The summed E-state index contributed by atoms with van der Waals surface area (Å²) in [6, 6.07) is 42.7. The predicted molar refractivity (Wildman–Crippen MR) is 129 cm³/mol. The average molecular weight is 663 g/mol. The summed E-state index contributed by atoms with van der Waals surface area (Å²) in [5, 5.41) is 4.19. The standard InChI is InChI=1S/C18H15P.C8H9Br.2BrH.Fe/c1-4-10-16(11-5-1)19(17-12-6-2-7-13-17)18-14-8-3-9-15-18;1-7(9)8-5-3-2-4-6-8;;;/h1-15H;2-7H,1H3;2*1H;/q;;;;+2/p-2. The Hall–Kier alpha value is -0.731. The maximum absolute atomic E-state index is 3.48. The molecule has 1 unspecified atom stereocenters. The summed E-state index contributed by atoms with van der Waals surface area (Å²) in [6.45, 7) is 2.12. The molecule has 0 radical (unpaired) electrons. The first kappa shape index (κ1) is 30.3. The van der Waals surface area contributed by atoms with Gasteiger partial charge in [-0.15, -0.1) is 0 Å². The van der Waals surface area contributed by atoms with Crippen LogP contribution in [0.4, 0.5) is 0 Å². The van der Waals surface area contributed by atoms with Crippen LogP contribution < -0.4 is 49.9 Å². The minimum absolute atomic E-state index is 0. The Morgan fingerprint density at radius 3 is 1.00 bits per heavy atom. The van der Waals surface area contributed by atoms with Gasteiger partial charge in [0.1, 0.15) is 0 Å². The molecule has 0 nitrogen and oxygen atoms in total. The molecule has 0 amide bonds. The molecule has 0 aliphatic heterocycles. The van der Waals surface area contributed by atoms with Crippen molar-refractivity contribution in [2.75, 3.05) is 0 Å². The van der Waals surface area contributed by atoms with Crippen LogP contribution in [0, 0.1) is 0 Å². The molecular formula is C26H24Br3FeP. The molecule has 0 saturated carbocycles. The summed E-state index contributed by atoms with van der Waals surface area (Å²) in [4.78, 5) is 0.471. The summed E-state index contributed by atoms with van der Waals surface area (Å²) < 4.78 is 0. The quantitative estimate of drug-likeness (QED) is 0.171. The minimum Gasteiger partial charge on any atom is -1.00 e. The number of halogens is 3. The Morgan fingerprint density at radius 2 is 0.774 bits per heavy atom. The zero-order chi connectivity index (χ0) is 19.6. The van der Waals surface area contributed by atoms with E-state index in [0.29, 0.717) is 4.83 Å². The van der Waals surface area contributed by atoms with E-state index >= 15 is 0 Å². The number of benzene rings is 4. The van der Waals surface area contributed by atoms with Crippen LogP contribution in [-0.2, 0) is 17.1 Å². The monoisotopic (exact) mass is 660 g/mol. The third kappa shape index (κ3) is 9.74. The molecule has 0 fully saturated rings. The third-order valence-corrected chi connectivity index (χ3v) is 7.27. The predicted octanol–water partition coefficient (Wildman–Crippen LogP) is 0.593. The molecule has 0 aliphatic carbocycles. The average Bonchev–Trinajstić information content (AvgIpc) is 2.77. The molecule has 0 heterocycles. The first-order chi connectivity index (χ1) is 13.8. The van der Waals surface area contributed by atoms with E-state index in [1.165, 1.54) is 21.5 Å². The van der Waals surface area contributed by atoms with Crippen LogP contribution in [0.25, 0.3) is 0 Å². The summed E-state index contributed by atoms with van der Waals surface area (Å²) in [5.74, 6) is 0. The number of alkyl halides is 1. The van der Waals surface area contributed by atoms with Crippen LogP contribution in [0.2, 0.25) is 0 Å². The molecule has 4 aromatic rings. The Balaban J connectivity index is 0.000000648. The van der Waals surface area contributed by atoms with E-state index in [1.807, 2.05) is 18.2 Å². The fourth-order valence-electron chi connectivity index (χ4n) is 2.90. The van der Waals surface area contributed by atoms with E-state index in [-0.39, 0.29) is 51.0 Å². The van der Waals surface area contributed by atoms with Crippen molar-refractivity contribution in [3.63, 3.8) is 0 Å². The second kappa shape index (κ2) is 16.8. The molecule has 4 rings (SSSR count). The van der Waals surface area contributed by atoms with Gasteiger partial charge in [-0.3, -0.25) is 0 Å². The Kier molecular flexibility index (Phi) is 16.4. The van der Waals surface area contributed by atoms with E-state index in [4.69, 9.17) is 0 Å². The summed E-state index contributed by atoms with van der Waals surface area (Å²) in [7, 11) is -0.446. The molecule has 31 heavy (non-hydrogen) atoms. The second-order valence-electron chi connectivity index (χ2n) is 6.37. The Labute approximate surface area is 227 Å².